The highest BCUT2D eigenvalue weighted by molar-refractivity contribution is 6.33. The van der Waals surface area contributed by atoms with E-state index < -0.39 is 0 Å². The number of nitrogens with zero attached hydrogens (tertiary/aromatic N) is 1. The molecule has 0 radical (unpaired) electrons. The molecule has 0 spiro atoms. The predicted molar refractivity (Wildman–Crippen MR) is 90.2 cm³/mol. The van der Waals surface area contributed by atoms with E-state index in [0.717, 1.165) is 31.3 Å². The summed E-state index contributed by atoms with van der Waals surface area (Å²) in [6, 6.07) is 6.75. The molecule has 2 rings (SSSR count). The van der Waals surface area contributed by atoms with Crippen LogP contribution in [0.5, 0.6) is 0 Å². The number of methoxy groups -OCH3 is 1. The quantitative estimate of drug-likeness (QED) is 0.811. The summed E-state index contributed by atoms with van der Waals surface area (Å²) >= 11 is 6.52. The van der Waals surface area contributed by atoms with Gasteiger partial charge < -0.3 is 15.0 Å². The first-order valence-corrected chi connectivity index (χ1v) is 8.26. The number of nitrogens with one attached hydrogen (secondary N) is 1. The molecule has 21 heavy (non-hydrogen) atoms. The first-order valence-electron chi connectivity index (χ1n) is 7.88. The van der Waals surface area contributed by atoms with Gasteiger partial charge in [0.1, 0.15) is 0 Å². The van der Waals surface area contributed by atoms with Crippen LogP contribution in [-0.4, -0.2) is 32.8 Å². The number of piperidine rings is 1. The fourth-order valence-electron chi connectivity index (χ4n) is 3.07. The lowest BCUT2D eigenvalue weighted by Gasteiger charge is -2.41. The van der Waals surface area contributed by atoms with Crippen molar-refractivity contribution in [3.05, 3.63) is 28.8 Å². The van der Waals surface area contributed by atoms with Gasteiger partial charge in [0.25, 0.3) is 0 Å². The molecule has 1 heterocycles. The van der Waals surface area contributed by atoms with Gasteiger partial charge >= 0.3 is 0 Å². The third-order valence-corrected chi connectivity index (χ3v) is 4.83. The topological polar surface area (TPSA) is 24.5 Å². The van der Waals surface area contributed by atoms with E-state index in [2.05, 4.69) is 30.1 Å². The van der Waals surface area contributed by atoms with Gasteiger partial charge in [0.15, 0.2) is 0 Å². The Labute approximate surface area is 133 Å². The summed E-state index contributed by atoms with van der Waals surface area (Å²) in [5.74, 6) is 0.712. The standard InChI is InChI=1S/C17H27ClN2O/c1-13-6-5-10-20(14(13)2)17-15(7-4-8-16(17)18)12-19-9-11-21-3/h4,7-8,13-14,19H,5-6,9-12H2,1-3H3. The molecule has 1 aromatic rings. The van der Waals surface area contributed by atoms with E-state index in [-0.39, 0.29) is 0 Å². The van der Waals surface area contributed by atoms with Crippen molar-refractivity contribution in [2.75, 3.05) is 31.7 Å². The van der Waals surface area contributed by atoms with Crippen molar-refractivity contribution in [3.8, 4) is 0 Å². The molecule has 0 amide bonds. The van der Waals surface area contributed by atoms with Gasteiger partial charge in [-0.3, -0.25) is 0 Å². The van der Waals surface area contributed by atoms with E-state index in [9.17, 15) is 0 Å². The molecule has 3 nitrogen and oxygen atoms in total. The fourth-order valence-corrected chi connectivity index (χ4v) is 3.38. The highest BCUT2D eigenvalue weighted by Crippen LogP contribution is 2.36. The maximum atomic E-state index is 6.52. The number of para-hydroxylation sites is 1. The van der Waals surface area contributed by atoms with Gasteiger partial charge in [0.2, 0.25) is 0 Å². The smallest absolute Gasteiger partial charge is 0.0643 e. The van der Waals surface area contributed by atoms with Crippen molar-refractivity contribution in [1.29, 1.82) is 0 Å². The minimum atomic E-state index is 0.538. The average molecular weight is 311 g/mol. The molecular weight excluding hydrogens is 284 g/mol. The zero-order valence-electron chi connectivity index (χ0n) is 13.4. The second kappa shape index (κ2) is 8.02. The molecule has 1 N–H and O–H groups in total. The molecule has 118 valence electrons. The number of ether oxygens (including phenoxy) is 1. The third kappa shape index (κ3) is 4.12. The maximum Gasteiger partial charge on any atom is 0.0643 e. The van der Waals surface area contributed by atoms with Crippen LogP contribution in [0, 0.1) is 5.92 Å². The lowest BCUT2D eigenvalue weighted by molar-refractivity contribution is 0.199. The number of halogens is 1. The Kier molecular flexibility index (Phi) is 6.34. The average Bonchev–Trinajstić information content (AvgIpc) is 2.47. The molecule has 2 unspecified atom stereocenters. The lowest BCUT2D eigenvalue weighted by Crippen LogP contribution is -2.43. The summed E-state index contributed by atoms with van der Waals surface area (Å²) in [6.07, 6.45) is 2.55. The van der Waals surface area contributed by atoms with Crippen LogP contribution in [0.4, 0.5) is 5.69 Å². The molecule has 4 heteroatoms. The Morgan fingerprint density at radius 1 is 1.38 bits per heavy atom. The van der Waals surface area contributed by atoms with E-state index in [1.54, 1.807) is 7.11 Å². The first-order chi connectivity index (χ1) is 10.1. The van der Waals surface area contributed by atoms with Gasteiger partial charge in [-0.25, -0.2) is 0 Å². The van der Waals surface area contributed by atoms with E-state index in [1.165, 1.54) is 24.1 Å². The molecular formula is C17H27ClN2O. The third-order valence-electron chi connectivity index (χ3n) is 4.53. The van der Waals surface area contributed by atoms with Crippen LogP contribution >= 0.6 is 11.6 Å². The van der Waals surface area contributed by atoms with E-state index in [1.807, 2.05) is 12.1 Å². The zero-order chi connectivity index (χ0) is 15.2. The Balaban J connectivity index is 2.16. The van der Waals surface area contributed by atoms with E-state index in [0.29, 0.717) is 12.0 Å². The second-order valence-corrected chi connectivity index (χ2v) is 6.38. The summed E-state index contributed by atoms with van der Waals surface area (Å²) < 4.78 is 5.08. The van der Waals surface area contributed by atoms with Gasteiger partial charge in [-0.15, -0.1) is 0 Å². The van der Waals surface area contributed by atoms with Crippen molar-refractivity contribution in [2.24, 2.45) is 5.92 Å². The van der Waals surface area contributed by atoms with Crippen molar-refractivity contribution in [1.82, 2.24) is 5.32 Å². The summed E-state index contributed by atoms with van der Waals surface area (Å²) in [4.78, 5) is 2.49. The van der Waals surface area contributed by atoms with Crippen LogP contribution in [0.1, 0.15) is 32.3 Å². The highest BCUT2D eigenvalue weighted by atomic mass is 35.5. The molecule has 1 aromatic carbocycles. The summed E-state index contributed by atoms with van der Waals surface area (Å²) in [5.41, 5.74) is 2.49. The lowest BCUT2D eigenvalue weighted by atomic mass is 9.91. The summed E-state index contributed by atoms with van der Waals surface area (Å²) in [5, 5.41) is 4.29. The SMILES string of the molecule is COCCNCc1cccc(Cl)c1N1CCCC(C)C1C. The molecule has 0 bridgehead atoms. The number of hydrogen-bond acceptors (Lipinski definition) is 3. The maximum absolute atomic E-state index is 6.52. The highest BCUT2D eigenvalue weighted by Gasteiger charge is 2.27. The van der Waals surface area contributed by atoms with E-state index in [4.69, 9.17) is 16.3 Å². The van der Waals surface area contributed by atoms with Crippen LogP contribution in [0.15, 0.2) is 18.2 Å². The molecule has 1 fully saturated rings. The van der Waals surface area contributed by atoms with Crippen LogP contribution in [0.25, 0.3) is 0 Å². The molecule has 0 saturated carbocycles. The van der Waals surface area contributed by atoms with Gasteiger partial charge in [-0.2, -0.15) is 0 Å². The largest absolute Gasteiger partial charge is 0.383 e. The van der Waals surface area contributed by atoms with Crippen molar-refractivity contribution >= 4 is 17.3 Å². The number of benzene rings is 1. The normalized spacial score (nSPS) is 22.6. The monoisotopic (exact) mass is 310 g/mol. The Morgan fingerprint density at radius 3 is 2.95 bits per heavy atom. The van der Waals surface area contributed by atoms with Crippen molar-refractivity contribution in [2.45, 2.75) is 39.3 Å². The molecule has 1 aliphatic heterocycles. The van der Waals surface area contributed by atoms with Gasteiger partial charge in [-0.1, -0.05) is 30.7 Å². The second-order valence-electron chi connectivity index (χ2n) is 5.97. The van der Waals surface area contributed by atoms with Crippen molar-refractivity contribution in [3.63, 3.8) is 0 Å². The molecule has 1 aliphatic rings. The number of anilines is 1. The van der Waals surface area contributed by atoms with E-state index >= 15 is 0 Å². The molecule has 0 aliphatic carbocycles. The minimum Gasteiger partial charge on any atom is -0.383 e. The molecule has 2 atom stereocenters. The van der Waals surface area contributed by atoms with Crippen molar-refractivity contribution < 1.29 is 4.74 Å². The zero-order valence-corrected chi connectivity index (χ0v) is 14.1. The fraction of sp³-hybridized carbons (Fsp3) is 0.647. The Bertz CT molecular complexity index is 452. The summed E-state index contributed by atoms with van der Waals surface area (Å²) in [7, 11) is 1.73. The van der Waals surface area contributed by atoms with Crippen LogP contribution in [0.3, 0.4) is 0 Å². The molecule has 0 aromatic heterocycles. The van der Waals surface area contributed by atoms with Gasteiger partial charge in [0.05, 0.1) is 17.3 Å². The minimum absolute atomic E-state index is 0.538. The summed E-state index contributed by atoms with van der Waals surface area (Å²) in [6.45, 7) is 8.16. The molecule has 1 saturated heterocycles. The Hall–Kier alpha value is -0.770. The van der Waals surface area contributed by atoms with Gasteiger partial charge in [-0.05, 0) is 37.3 Å². The van der Waals surface area contributed by atoms with Crippen LogP contribution < -0.4 is 10.2 Å². The van der Waals surface area contributed by atoms with Crippen LogP contribution in [-0.2, 0) is 11.3 Å². The van der Waals surface area contributed by atoms with Crippen LogP contribution in [0.2, 0.25) is 5.02 Å². The first kappa shape index (κ1) is 16.6. The predicted octanol–water partition coefficient (Wildman–Crippen LogP) is 3.70. The number of hydrogen-bond donors (Lipinski definition) is 1. The van der Waals surface area contributed by atoms with Gasteiger partial charge in [0, 0.05) is 32.8 Å². The number of rotatable bonds is 6. The Morgan fingerprint density at radius 2 is 2.19 bits per heavy atom.